The lowest BCUT2D eigenvalue weighted by molar-refractivity contribution is -0.111. The monoisotopic (exact) mass is 442 g/mol. The molecular formula is C26H26N4O3. The summed E-state index contributed by atoms with van der Waals surface area (Å²) < 4.78 is 6.24. The van der Waals surface area contributed by atoms with Crippen molar-refractivity contribution in [2.45, 2.75) is 19.9 Å². The van der Waals surface area contributed by atoms with Gasteiger partial charge in [0.25, 0.3) is 0 Å². The van der Waals surface area contributed by atoms with Gasteiger partial charge in [-0.3, -0.25) is 4.79 Å². The van der Waals surface area contributed by atoms with Gasteiger partial charge in [-0.05, 0) is 29.7 Å². The van der Waals surface area contributed by atoms with E-state index in [1.807, 2.05) is 68.4 Å². The normalized spacial score (nSPS) is 12.0. The largest absolute Gasteiger partial charge is 0.437 e. The highest BCUT2D eigenvalue weighted by Crippen LogP contribution is 2.43. The van der Waals surface area contributed by atoms with Gasteiger partial charge in [-0.15, -0.1) is 0 Å². The Bertz CT molecular complexity index is 1280. The Morgan fingerprint density at radius 3 is 2.58 bits per heavy atom. The lowest BCUT2D eigenvalue weighted by Gasteiger charge is -2.21. The lowest BCUT2D eigenvalue weighted by atomic mass is 9.98. The van der Waals surface area contributed by atoms with Gasteiger partial charge in [0.15, 0.2) is 0 Å². The van der Waals surface area contributed by atoms with Crippen molar-refractivity contribution in [3.05, 3.63) is 73.6 Å². The Morgan fingerprint density at radius 1 is 1.12 bits per heavy atom. The third kappa shape index (κ3) is 4.63. The third-order valence-electron chi connectivity index (χ3n) is 5.45. The number of rotatable bonds is 8. The van der Waals surface area contributed by atoms with Crippen LogP contribution < -0.4 is 10.6 Å². The minimum Gasteiger partial charge on any atom is -0.437 e. The summed E-state index contributed by atoms with van der Waals surface area (Å²) in [7, 11) is 0. The molecule has 0 bridgehead atoms. The molecular weight excluding hydrogens is 416 g/mol. The molecule has 0 aliphatic rings. The second kappa shape index (κ2) is 9.67. The van der Waals surface area contributed by atoms with Crippen LogP contribution in [0, 0.1) is 5.92 Å². The summed E-state index contributed by atoms with van der Waals surface area (Å²) in [6.07, 6.45) is 2.67. The Labute approximate surface area is 192 Å². The maximum Gasteiger partial charge on any atom is 0.247 e. The summed E-state index contributed by atoms with van der Waals surface area (Å²) >= 11 is 0. The zero-order chi connectivity index (χ0) is 23.4. The number of aliphatic hydroxyl groups is 1. The van der Waals surface area contributed by atoms with Crippen molar-refractivity contribution in [2.24, 2.45) is 5.92 Å². The molecule has 33 heavy (non-hydrogen) atoms. The number of aromatic nitrogens is 2. The average molecular weight is 443 g/mol. The summed E-state index contributed by atoms with van der Waals surface area (Å²) in [5, 5.41) is 16.7. The summed E-state index contributed by atoms with van der Waals surface area (Å²) in [6, 6.07) is 17.1. The predicted molar refractivity (Wildman–Crippen MR) is 131 cm³/mol. The molecule has 0 fully saturated rings. The van der Waals surface area contributed by atoms with Crippen molar-refractivity contribution in [2.75, 3.05) is 17.2 Å². The molecule has 7 nitrogen and oxygen atoms in total. The number of hydrogen-bond donors (Lipinski definition) is 3. The molecule has 1 amide bonds. The first-order valence-electron chi connectivity index (χ1n) is 10.8. The van der Waals surface area contributed by atoms with Crippen molar-refractivity contribution in [1.82, 2.24) is 9.97 Å². The fraction of sp³-hybridized carbons (Fsp3) is 0.192. The van der Waals surface area contributed by atoms with Gasteiger partial charge in [-0.25, -0.2) is 9.97 Å². The van der Waals surface area contributed by atoms with E-state index in [1.54, 1.807) is 0 Å². The van der Waals surface area contributed by atoms with Crippen LogP contribution >= 0.6 is 0 Å². The van der Waals surface area contributed by atoms with Crippen molar-refractivity contribution in [3.63, 3.8) is 0 Å². The van der Waals surface area contributed by atoms with Crippen molar-refractivity contribution in [3.8, 4) is 22.5 Å². The lowest BCUT2D eigenvalue weighted by Crippen LogP contribution is -2.29. The predicted octanol–water partition coefficient (Wildman–Crippen LogP) is 5.11. The molecule has 1 atom stereocenters. The number of nitrogens with zero attached hydrogens (tertiary/aromatic N) is 2. The minimum absolute atomic E-state index is 0.0367. The van der Waals surface area contributed by atoms with Gasteiger partial charge in [0.2, 0.25) is 11.6 Å². The molecule has 0 unspecified atom stereocenters. The molecule has 2 heterocycles. The number of carbonyl (C=O) groups is 1. The Kier molecular flexibility index (Phi) is 6.51. The zero-order valence-corrected chi connectivity index (χ0v) is 18.6. The first-order valence-corrected chi connectivity index (χ1v) is 10.8. The van der Waals surface area contributed by atoms with Gasteiger partial charge < -0.3 is 20.2 Å². The number of fused-ring (bicyclic) bond motifs is 1. The summed E-state index contributed by atoms with van der Waals surface area (Å²) in [5.41, 5.74) is 3.58. The molecule has 3 N–H and O–H groups in total. The number of carbonyl (C=O) groups excluding carboxylic acids is 1. The highest BCUT2D eigenvalue weighted by Gasteiger charge is 2.24. The van der Waals surface area contributed by atoms with Gasteiger partial charge in [0.05, 0.1) is 18.0 Å². The number of hydrogen-bond acceptors (Lipinski definition) is 6. The molecule has 2 aromatic heterocycles. The molecule has 2 aromatic carbocycles. The standard InChI is InChI=1S/C26H26N4O3/c1-4-21(32)29-19-12-8-11-18(13-19)22-23-25(30-20(14-31)16(2)3)27-15-28-26(23)33-24(22)17-9-6-5-7-10-17/h4-13,15-16,20,31H,1,14H2,2-3H3,(H,29,32)(H,27,28,30)/t20-/m1/s1. The van der Waals surface area contributed by atoms with Crippen LogP contribution in [-0.4, -0.2) is 33.6 Å². The summed E-state index contributed by atoms with van der Waals surface area (Å²) in [4.78, 5) is 20.7. The van der Waals surface area contributed by atoms with Crippen LogP contribution in [0.2, 0.25) is 0 Å². The smallest absolute Gasteiger partial charge is 0.247 e. The van der Waals surface area contributed by atoms with E-state index in [4.69, 9.17) is 4.42 Å². The molecule has 4 aromatic rings. The van der Waals surface area contributed by atoms with E-state index in [-0.39, 0.29) is 24.5 Å². The highest BCUT2D eigenvalue weighted by atomic mass is 16.3. The quantitative estimate of drug-likeness (QED) is 0.328. The van der Waals surface area contributed by atoms with E-state index in [2.05, 4.69) is 27.2 Å². The second-order valence-corrected chi connectivity index (χ2v) is 8.03. The van der Waals surface area contributed by atoms with Crippen molar-refractivity contribution < 1.29 is 14.3 Å². The third-order valence-corrected chi connectivity index (χ3v) is 5.45. The van der Waals surface area contributed by atoms with Crippen LogP contribution in [0.3, 0.4) is 0 Å². The number of aliphatic hydroxyl groups excluding tert-OH is 1. The maximum absolute atomic E-state index is 11.9. The van der Waals surface area contributed by atoms with Gasteiger partial charge in [-0.1, -0.05) is 62.9 Å². The second-order valence-electron chi connectivity index (χ2n) is 8.03. The maximum atomic E-state index is 11.9. The van der Waals surface area contributed by atoms with Crippen LogP contribution in [0.1, 0.15) is 13.8 Å². The fourth-order valence-corrected chi connectivity index (χ4v) is 3.66. The summed E-state index contributed by atoms with van der Waals surface area (Å²) in [5.74, 6) is 1.11. The van der Waals surface area contributed by atoms with E-state index in [0.717, 1.165) is 16.7 Å². The Balaban J connectivity index is 1.95. The van der Waals surface area contributed by atoms with Crippen LogP contribution in [0.5, 0.6) is 0 Å². The highest BCUT2D eigenvalue weighted by molar-refractivity contribution is 6.07. The van der Waals surface area contributed by atoms with Crippen molar-refractivity contribution in [1.29, 1.82) is 0 Å². The first kappa shape index (κ1) is 22.2. The zero-order valence-electron chi connectivity index (χ0n) is 18.6. The number of amides is 1. The average Bonchev–Trinajstić information content (AvgIpc) is 3.23. The molecule has 4 rings (SSSR count). The molecule has 7 heteroatoms. The van der Waals surface area contributed by atoms with Crippen LogP contribution in [0.15, 0.2) is 78.0 Å². The van der Waals surface area contributed by atoms with Gasteiger partial charge in [0.1, 0.15) is 17.9 Å². The molecule has 0 aliphatic carbocycles. The minimum atomic E-state index is -0.291. The number of anilines is 2. The van der Waals surface area contributed by atoms with Crippen molar-refractivity contribution >= 4 is 28.5 Å². The van der Waals surface area contributed by atoms with Gasteiger partial charge in [0, 0.05) is 16.8 Å². The molecule has 0 saturated heterocycles. The van der Waals surface area contributed by atoms with Gasteiger partial charge >= 0.3 is 0 Å². The number of nitrogens with one attached hydrogen (secondary N) is 2. The Hall–Kier alpha value is -3.97. The first-order chi connectivity index (χ1) is 16.0. The summed E-state index contributed by atoms with van der Waals surface area (Å²) in [6.45, 7) is 7.54. The molecule has 0 spiro atoms. The van der Waals surface area contributed by atoms with E-state index in [1.165, 1.54) is 12.4 Å². The number of benzene rings is 2. The molecule has 168 valence electrons. The fourth-order valence-electron chi connectivity index (χ4n) is 3.66. The van der Waals surface area contributed by atoms with E-state index < -0.39 is 0 Å². The molecule has 0 aliphatic heterocycles. The SMILES string of the molecule is C=CC(=O)Nc1cccc(-c2c(-c3ccccc3)oc3ncnc(N[C@H](CO)C(C)C)c23)c1. The number of furan rings is 1. The van der Waals surface area contributed by atoms with Gasteiger partial charge in [-0.2, -0.15) is 0 Å². The Morgan fingerprint density at radius 2 is 1.88 bits per heavy atom. The van der Waals surface area contributed by atoms with E-state index >= 15 is 0 Å². The van der Waals surface area contributed by atoms with Crippen LogP contribution in [-0.2, 0) is 4.79 Å². The molecule has 0 radical (unpaired) electrons. The van der Waals surface area contributed by atoms with E-state index in [9.17, 15) is 9.90 Å². The van der Waals surface area contributed by atoms with Crippen LogP contribution in [0.25, 0.3) is 33.6 Å². The van der Waals surface area contributed by atoms with Crippen LogP contribution in [0.4, 0.5) is 11.5 Å². The molecule has 0 saturated carbocycles. The van der Waals surface area contributed by atoms with E-state index in [0.29, 0.717) is 28.4 Å². The topological polar surface area (TPSA) is 100 Å².